The van der Waals surface area contributed by atoms with Gasteiger partial charge >= 0.3 is 5.97 Å². The largest absolute Gasteiger partial charge is 0.481 e. The molecule has 0 saturated carbocycles. The zero-order valence-corrected chi connectivity index (χ0v) is 8.72. The SMILES string of the molecule is Cc1cc(F)cc(C(O)C(O)CC(=O)O)c1. The fourth-order valence-electron chi connectivity index (χ4n) is 1.45. The number of carboxylic acid groups (broad SMARTS) is 1. The standard InChI is InChI=1S/C11H13FO4/c1-6-2-7(4-8(12)3-6)11(16)9(13)5-10(14)15/h2-4,9,11,13,16H,5H2,1H3,(H,14,15). The summed E-state index contributed by atoms with van der Waals surface area (Å²) in [5.74, 6) is -1.75. The molecule has 1 aromatic carbocycles. The summed E-state index contributed by atoms with van der Waals surface area (Å²) in [7, 11) is 0. The molecule has 16 heavy (non-hydrogen) atoms. The molecule has 1 aromatic rings. The van der Waals surface area contributed by atoms with Crippen LogP contribution in [0.5, 0.6) is 0 Å². The van der Waals surface area contributed by atoms with Gasteiger partial charge in [-0.1, -0.05) is 6.07 Å². The monoisotopic (exact) mass is 228 g/mol. The third-order valence-corrected chi connectivity index (χ3v) is 2.15. The molecular weight excluding hydrogens is 215 g/mol. The summed E-state index contributed by atoms with van der Waals surface area (Å²) in [5.41, 5.74) is 0.767. The Balaban J connectivity index is 2.86. The van der Waals surface area contributed by atoms with Crippen LogP contribution in [0.25, 0.3) is 0 Å². The van der Waals surface area contributed by atoms with E-state index in [4.69, 9.17) is 5.11 Å². The number of aliphatic carboxylic acids is 1. The van der Waals surface area contributed by atoms with Gasteiger partial charge in [-0.2, -0.15) is 0 Å². The highest BCUT2D eigenvalue weighted by Crippen LogP contribution is 2.21. The van der Waals surface area contributed by atoms with Crippen LogP contribution in [0.3, 0.4) is 0 Å². The first kappa shape index (κ1) is 12.6. The smallest absolute Gasteiger partial charge is 0.306 e. The Labute approximate surface area is 92.0 Å². The van der Waals surface area contributed by atoms with E-state index < -0.39 is 30.4 Å². The lowest BCUT2D eigenvalue weighted by atomic mass is 10.0. The lowest BCUT2D eigenvalue weighted by molar-refractivity contribution is -0.141. The number of hydrogen-bond acceptors (Lipinski definition) is 3. The molecule has 0 heterocycles. The topological polar surface area (TPSA) is 77.8 Å². The van der Waals surface area contributed by atoms with Crippen molar-refractivity contribution < 1.29 is 24.5 Å². The number of aliphatic hydroxyl groups excluding tert-OH is 2. The molecule has 0 aromatic heterocycles. The number of aryl methyl sites for hydroxylation is 1. The number of carbonyl (C=O) groups is 1. The van der Waals surface area contributed by atoms with E-state index in [0.717, 1.165) is 6.07 Å². The van der Waals surface area contributed by atoms with Gasteiger partial charge in [0.25, 0.3) is 0 Å². The average Bonchev–Trinajstić information content (AvgIpc) is 2.13. The number of rotatable bonds is 4. The van der Waals surface area contributed by atoms with Gasteiger partial charge in [0.15, 0.2) is 0 Å². The first-order chi connectivity index (χ1) is 7.40. The first-order valence-electron chi connectivity index (χ1n) is 4.75. The van der Waals surface area contributed by atoms with E-state index in [2.05, 4.69) is 0 Å². The van der Waals surface area contributed by atoms with Crippen molar-refractivity contribution in [1.82, 2.24) is 0 Å². The fourth-order valence-corrected chi connectivity index (χ4v) is 1.45. The molecule has 3 N–H and O–H groups in total. The van der Waals surface area contributed by atoms with E-state index in [-0.39, 0.29) is 5.56 Å². The van der Waals surface area contributed by atoms with Crippen molar-refractivity contribution in [2.45, 2.75) is 25.6 Å². The third kappa shape index (κ3) is 3.29. The second-order valence-electron chi connectivity index (χ2n) is 3.67. The first-order valence-corrected chi connectivity index (χ1v) is 4.75. The van der Waals surface area contributed by atoms with Gasteiger partial charge < -0.3 is 15.3 Å². The molecule has 88 valence electrons. The summed E-state index contributed by atoms with van der Waals surface area (Å²) in [5, 5.41) is 27.4. The number of aliphatic hydroxyl groups is 2. The normalized spacial score (nSPS) is 14.5. The van der Waals surface area contributed by atoms with Crippen LogP contribution in [0.4, 0.5) is 4.39 Å². The van der Waals surface area contributed by atoms with Crippen molar-refractivity contribution in [3.05, 3.63) is 35.1 Å². The highest BCUT2D eigenvalue weighted by Gasteiger charge is 2.21. The van der Waals surface area contributed by atoms with Gasteiger partial charge in [-0.3, -0.25) is 4.79 Å². The summed E-state index contributed by atoms with van der Waals surface area (Å²) < 4.78 is 13.0. The third-order valence-electron chi connectivity index (χ3n) is 2.15. The van der Waals surface area contributed by atoms with Crippen LogP contribution in [0.1, 0.15) is 23.7 Å². The molecule has 2 unspecified atom stereocenters. The van der Waals surface area contributed by atoms with Crippen LogP contribution in [0.2, 0.25) is 0 Å². The van der Waals surface area contributed by atoms with E-state index in [0.29, 0.717) is 5.56 Å². The fraction of sp³-hybridized carbons (Fsp3) is 0.364. The summed E-state index contributed by atoms with van der Waals surface area (Å²) in [4.78, 5) is 10.3. The van der Waals surface area contributed by atoms with Crippen LogP contribution < -0.4 is 0 Å². The van der Waals surface area contributed by atoms with Gasteiger partial charge in [-0.15, -0.1) is 0 Å². The molecule has 1 rings (SSSR count). The van der Waals surface area contributed by atoms with Crippen molar-refractivity contribution in [2.24, 2.45) is 0 Å². The molecular formula is C11H13FO4. The van der Waals surface area contributed by atoms with Crippen molar-refractivity contribution >= 4 is 5.97 Å². The van der Waals surface area contributed by atoms with Gasteiger partial charge in [0.1, 0.15) is 11.9 Å². The minimum absolute atomic E-state index is 0.172. The number of halogens is 1. The minimum Gasteiger partial charge on any atom is -0.481 e. The summed E-state index contributed by atoms with van der Waals surface area (Å²) in [6.45, 7) is 1.64. The molecule has 2 atom stereocenters. The lowest BCUT2D eigenvalue weighted by Crippen LogP contribution is -2.21. The van der Waals surface area contributed by atoms with Crippen molar-refractivity contribution in [2.75, 3.05) is 0 Å². The molecule has 4 nitrogen and oxygen atoms in total. The molecule has 0 spiro atoms. The maximum absolute atomic E-state index is 13.0. The Bertz CT molecular complexity index is 371. The predicted octanol–water partition coefficient (Wildman–Crippen LogP) is 1.00. The van der Waals surface area contributed by atoms with Gasteiger partial charge in [0, 0.05) is 0 Å². The quantitative estimate of drug-likeness (QED) is 0.718. The van der Waals surface area contributed by atoms with Crippen molar-refractivity contribution in [3.8, 4) is 0 Å². The van der Waals surface area contributed by atoms with Crippen LogP contribution >= 0.6 is 0 Å². The molecule has 0 amide bonds. The number of benzene rings is 1. The second kappa shape index (κ2) is 5.05. The van der Waals surface area contributed by atoms with Crippen molar-refractivity contribution in [3.63, 3.8) is 0 Å². The predicted molar refractivity (Wildman–Crippen MR) is 54.4 cm³/mol. The van der Waals surface area contributed by atoms with Crippen molar-refractivity contribution in [1.29, 1.82) is 0 Å². The maximum Gasteiger partial charge on any atom is 0.306 e. The molecule has 0 fully saturated rings. The average molecular weight is 228 g/mol. The Morgan fingerprint density at radius 1 is 1.38 bits per heavy atom. The second-order valence-corrected chi connectivity index (χ2v) is 3.67. The van der Waals surface area contributed by atoms with Crippen LogP contribution in [-0.2, 0) is 4.79 Å². The Kier molecular flexibility index (Phi) is 3.98. The van der Waals surface area contributed by atoms with Gasteiger partial charge in [0.2, 0.25) is 0 Å². The minimum atomic E-state index is -1.45. The van der Waals surface area contributed by atoms with E-state index in [1.807, 2.05) is 0 Å². The Morgan fingerprint density at radius 3 is 2.50 bits per heavy atom. The maximum atomic E-state index is 13.0. The van der Waals surface area contributed by atoms with Crippen LogP contribution in [0, 0.1) is 12.7 Å². The zero-order valence-electron chi connectivity index (χ0n) is 8.72. The number of hydrogen-bond donors (Lipinski definition) is 3. The van der Waals surface area contributed by atoms with E-state index in [1.165, 1.54) is 12.1 Å². The lowest BCUT2D eigenvalue weighted by Gasteiger charge is -2.16. The molecule has 0 radical (unpaired) electrons. The molecule has 5 heteroatoms. The summed E-state index contributed by atoms with van der Waals surface area (Å²) in [6, 6.07) is 3.85. The van der Waals surface area contributed by atoms with E-state index in [1.54, 1.807) is 6.92 Å². The van der Waals surface area contributed by atoms with Crippen LogP contribution in [-0.4, -0.2) is 27.4 Å². The molecule has 0 aliphatic rings. The summed E-state index contributed by atoms with van der Waals surface area (Å²) in [6.07, 6.45) is -3.43. The highest BCUT2D eigenvalue weighted by atomic mass is 19.1. The molecule has 0 aliphatic carbocycles. The van der Waals surface area contributed by atoms with E-state index >= 15 is 0 Å². The van der Waals surface area contributed by atoms with Gasteiger partial charge in [0.05, 0.1) is 12.5 Å². The van der Waals surface area contributed by atoms with Crippen LogP contribution in [0.15, 0.2) is 18.2 Å². The van der Waals surface area contributed by atoms with Gasteiger partial charge in [-0.05, 0) is 30.2 Å². The Hall–Kier alpha value is -1.46. The van der Waals surface area contributed by atoms with E-state index in [9.17, 15) is 19.4 Å². The summed E-state index contributed by atoms with van der Waals surface area (Å²) >= 11 is 0. The highest BCUT2D eigenvalue weighted by molar-refractivity contribution is 5.67. The molecule has 0 saturated heterocycles. The van der Waals surface area contributed by atoms with Gasteiger partial charge in [-0.25, -0.2) is 4.39 Å². The zero-order chi connectivity index (χ0) is 12.3. The Morgan fingerprint density at radius 2 is 2.00 bits per heavy atom. The number of carboxylic acids is 1. The molecule has 0 aliphatic heterocycles. The molecule has 0 bridgehead atoms.